The van der Waals surface area contributed by atoms with Crippen molar-refractivity contribution in [3.8, 4) is 0 Å². The molecule has 0 aliphatic rings. The Hall–Kier alpha value is -0.800. The Labute approximate surface area is 74.7 Å². The predicted octanol–water partition coefficient (Wildman–Crippen LogP) is 0.214. The first-order valence-electron chi connectivity index (χ1n) is 4.24. The lowest BCUT2D eigenvalue weighted by atomic mass is 10.3. The van der Waals surface area contributed by atoms with Crippen LogP contribution in [0, 0.1) is 0 Å². The molecular formula is C9H19N3. The summed E-state index contributed by atoms with van der Waals surface area (Å²) in [5.74, 6) is 0. The van der Waals surface area contributed by atoms with E-state index in [0.29, 0.717) is 6.54 Å². The van der Waals surface area contributed by atoms with Crippen molar-refractivity contribution < 1.29 is 0 Å². The van der Waals surface area contributed by atoms with Gasteiger partial charge >= 0.3 is 0 Å². The summed E-state index contributed by atoms with van der Waals surface area (Å²) in [6.45, 7) is 9.10. The molecule has 3 heteroatoms. The molecule has 3 nitrogen and oxygen atoms in total. The van der Waals surface area contributed by atoms with Gasteiger partial charge in [0.25, 0.3) is 0 Å². The van der Waals surface area contributed by atoms with Gasteiger partial charge in [0.2, 0.25) is 0 Å². The summed E-state index contributed by atoms with van der Waals surface area (Å²) < 4.78 is 0. The van der Waals surface area contributed by atoms with E-state index in [-0.39, 0.29) is 0 Å². The van der Waals surface area contributed by atoms with Gasteiger partial charge in [0, 0.05) is 26.2 Å². The van der Waals surface area contributed by atoms with E-state index in [4.69, 9.17) is 5.73 Å². The monoisotopic (exact) mass is 169 g/mol. The van der Waals surface area contributed by atoms with E-state index in [2.05, 4.69) is 17.2 Å². The smallest absolute Gasteiger partial charge is 0.0266 e. The molecule has 0 unspecified atom stereocenters. The van der Waals surface area contributed by atoms with Crippen LogP contribution in [-0.4, -0.2) is 26.2 Å². The zero-order chi connectivity index (χ0) is 9.23. The molecule has 0 saturated carbocycles. The Morgan fingerprint density at radius 2 is 2.17 bits per heavy atom. The number of nitrogens with two attached hydrogens (primary N) is 1. The van der Waals surface area contributed by atoms with Crippen LogP contribution in [0.4, 0.5) is 0 Å². The molecule has 4 N–H and O–H groups in total. The number of hydrogen-bond donors (Lipinski definition) is 3. The summed E-state index contributed by atoms with van der Waals surface area (Å²) in [6.07, 6.45) is 3.78. The molecule has 0 aliphatic carbocycles. The van der Waals surface area contributed by atoms with E-state index in [1.165, 1.54) is 0 Å². The Bertz CT molecular complexity index is 141. The number of nitrogens with one attached hydrogen (secondary N) is 2. The second-order valence-electron chi connectivity index (χ2n) is 2.59. The van der Waals surface area contributed by atoms with Crippen LogP contribution < -0.4 is 16.4 Å². The minimum Gasteiger partial charge on any atom is -0.389 e. The first-order chi connectivity index (χ1) is 5.81. The first-order valence-corrected chi connectivity index (χ1v) is 4.24. The van der Waals surface area contributed by atoms with Crippen LogP contribution in [0.15, 0.2) is 24.4 Å². The van der Waals surface area contributed by atoms with Gasteiger partial charge in [-0.1, -0.05) is 12.7 Å². The Morgan fingerprint density at radius 3 is 2.75 bits per heavy atom. The largest absolute Gasteiger partial charge is 0.389 e. The fourth-order valence-electron chi connectivity index (χ4n) is 0.680. The molecule has 0 aliphatic heterocycles. The van der Waals surface area contributed by atoms with Crippen molar-refractivity contribution in [1.29, 1.82) is 0 Å². The predicted molar refractivity (Wildman–Crippen MR) is 53.9 cm³/mol. The minimum atomic E-state index is 0.696. The SMILES string of the molecule is C=CC(C)=CNCCNCCN. The maximum Gasteiger partial charge on any atom is 0.0266 e. The highest BCUT2D eigenvalue weighted by Gasteiger charge is 1.83. The van der Waals surface area contributed by atoms with Gasteiger partial charge in [0.05, 0.1) is 0 Å². The summed E-state index contributed by atoms with van der Waals surface area (Å²) in [6, 6.07) is 0. The van der Waals surface area contributed by atoms with Gasteiger partial charge in [-0.25, -0.2) is 0 Å². The molecule has 0 amide bonds. The Morgan fingerprint density at radius 1 is 1.42 bits per heavy atom. The third-order valence-electron chi connectivity index (χ3n) is 1.42. The van der Waals surface area contributed by atoms with Crippen molar-refractivity contribution in [3.63, 3.8) is 0 Å². The molecule has 70 valence electrons. The van der Waals surface area contributed by atoms with Crippen LogP contribution >= 0.6 is 0 Å². The van der Waals surface area contributed by atoms with Crippen molar-refractivity contribution in [3.05, 3.63) is 24.4 Å². The minimum absolute atomic E-state index is 0.696. The average Bonchev–Trinajstić information content (AvgIpc) is 2.10. The van der Waals surface area contributed by atoms with Gasteiger partial charge < -0.3 is 16.4 Å². The van der Waals surface area contributed by atoms with Crippen LogP contribution in [0.2, 0.25) is 0 Å². The lowest BCUT2D eigenvalue weighted by molar-refractivity contribution is 0.665. The van der Waals surface area contributed by atoms with Gasteiger partial charge in [0.15, 0.2) is 0 Å². The van der Waals surface area contributed by atoms with E-state index in [9.17, 15) is 0 Å². The highest BCUT2D eigenvalue weighted by molar-refractivity contribution is 5.11. The fourth-order valence-corrected chi connectivity index (χ4v) is 0.680. The third kappa shape index (κ3) is 7.31. The molecule has 0 aromatic carbocycles. The molecule has 0 saturated heterocycles. The molecule has 0 rings (SSSR count). The molecule has 0 spiro atoms. The van der Waals surface area contributed by atoms with E-state index in [0.717, 1.165) is 25.2 Å². The van der Waals surface area contributed by atoms with Crippen LogP contribution in [-0.2, 0) is 0 Å². The molecular weight excluding hydrogens is 150 g/mol. The van der Waals surface area contributed by atoms with Gasteiger partial charge in [-0.3, -0.25) is 0 Å². The van der Waals surface area contributed by atoms with Gasteiger partial charge in [-0.15, -0.1) is 0 Å². The summed E-state index contributed by atoms with van der Waals surface area (Å²) in [5, 5.41) is 6.34. The van der Waals surface area contributed by atoms with Crippen LogP contribution in [0.1, 0.15) is 6.92 Å². The van der Waals surface area contributed by atoms with Crippen molar-refractivity contribution in [2.75, 3.05) is 26.2 Å². The van der Waals surface area contributed by atoms with E-state index < -0.39 is 0 Å². The van der Waals surface area contributed by atoms with E-state index >= 15 is 0 Å². The molecule has 0 aromatic heterocycles. The Kier molecular flexibility index (Phi) is 7.74. The average molecular weight is 169 g/mol. The molecule has 0 fully saturated rings. The highest BCUT2D eigenvalue weighted by Crippen LogP contribution is 1.87. The molecule has 0 atom stereocenters. The quantitative estimate of drug-likeness (QED) is 0.377. The van der Waals surface area contributed by atoms with Crippen molar-refractivity contribution in [2.45, 2.75) is 6.92 Å². The summed E-state index contributed by atoms with van der Waals surface area (Å²) in [5.41, 5.74) is 6.45. The van der Waals surface area contributed by atoms with Crippen molar-refractivity contribution in [1.82, 2.24) is 10.6 Å². The first kappa shape index (κ1) is 11.2. The number of rotatable bonds is 7. The molecule has 0 heterocycles. The third-order valence-corrected chi connectivity index (χ3v) is 1.42. The van der Waals surface area contributed by atoms with Crippen LogP contribution in [0.3, 0.4) is 0 Å². The summed E-state index contributed by atoms with van der Waals surface area (Å²) in [7, 11) is 0. The maximum atomic E-state index is 5.30. The standard InChI is InChI=1S/C9H19N3/c1-3-9(2)8-12-7-6-11-5-4-10/h3,8,11-12H,1,4-7,10H2,2H3. The van der Waals surface area contributed by atoms with Crippen molar-refractivity contribution in [2.24, 2.45) is 5.73 Å². The second kappa shape index (κ2) is 8.30. The zero-order valence-electron chi connectivity index (χ0n) is 7.77. The summed E-state index contributed by atoms with van der Waals surface area (Å²) >= 11 is 0. The fraction of sp³-hybridized carbons (Fsp3) is 0.556. The van der Waals surface area contributed by atoms with Gasteiger partial charge in [0.1, 0.15) is 0 Å². The number of hydrogen-bond acceptors (Lipinski definition) is 3. The van der Waals surface area contributed by atoms with E-state index in [1.807, 2.05) is 19.2 Å². The molecule has 12 heavy (non-hydrogen) atoms. The summed E-state index contributed by atoms with van der Waals surface area (Å²) in [4.78, 5) is 0. The van der Waals surface area contributed by atoms with Crippen molar-refractivity contribution >= 4 is 0 Å². The van der Waals surface area contributed by atoms with Gasteiger partial charge in [-0.05, 0) is 18.7 Å². The lowest BCUT2D eigenvalue weighted by Crippen LogP contribution is -2.28. The van der Waals surface area contributed by atoms with Crippen LogP contribution in [0.5, 0.6) is 0 Å². The maximum absolute atomic E-state index is 5.30. The molecule has 0 radical (unpaired) electrons. The zero-order valence-corrected chi connectivity index (χ0v) is 7.77. The molecule has 0 bridgehead atoms. The topological polar surface area (TPSA) is 50.1 Å². The van der Waals surface area contributed by atoms with Crippen LogP contribution in [0.25, 0.3) is 0 Å². The number of allylic oxidation sites excluding steroid dienone is 2. The second-order valence-corrected chi connectivity index (χ2v) is 2.59. The molecule has 0 aromatic rings. The lowest BCUT2D eigenvalue weighted by Gasteiger charge is -2.02. The van der Waals surface area contributed by atoms with Gasteiger partial charge in [-0.2, -0.15) is 0 Å². The highest BCUT2D eigenvalue weighted by atomic mass is 14.9. The van der Waals surface area contributed by atoms with E-state index in [1.54, 1.807) is 0 Å². The normalized spacial score (nSPS) is 11.3. The Balaban J connectivity index is 3.15.